The van der Waals surface area contributed by atoms with Gasteiger partial charge >= 0.3 is 15.2 Å². The van der Waals surface area contributed by atoms with Gasteiger partial charge in [-0.05, 0) is 0 Å². The van der Waals surface area contributed by atoms with Crippen molar-refractivity contribution in [1.29, 1.82) is 0 Å². The molecule has 0 saturated heterocycles. The van der Waals surface area contributed by atoms with E-state index in [0.29, 0.717) is 0 Å². The summed E-state index contributed by atoms with van der Waals surface area (Å²) in [6.07, 6.45) is -1.45. The van der Waals surface area contributed by atoms with Crippen LogP contribution in [0.3, 0.4) is 0 Å². The molecule has 13 heavy (non-hydrogen) atoms. The molecule has 11 N–H and O–H groups in total. The van der Waals surface area contributed by atoms with E-state index in [0.717, 1.165) is 0 Å². The lowest BCUT2D eigenvalue weighted by molar-refractivity contribution is 0.361. The fraction of sp³-hybridized carbons (Fsp3) is 1.00. The first-order valence-electron chi connectivity index (χ1n) is 2.50. The van der Waals surface area contributed by atoms with E-state index in [1.807, 2.05) is 5.32 Å². The number of nitrogens with one attached hydrogen (secondary N) is 1. The Balaban J connectivity index is -0.000000500. The second-order valence-corrected chi connectivity index (χ2v) is 5.19. The lowest BCUT2D eigenvalue weighted by atomic mass is 11.2. The van der Waals surface area contributed by atoms with E-state index >= 15 is 0 Å². The van der Waals surface area contributed by atoms with Crippen LogP contribution in [0.25, 0.3) is 0 Å². The van der Waals surface area contributed by atoms with Gasteiger partial charge in [-0.15, -0.1) is 0 Å². The molecule has 0 heterocycles. The van der Waals surface area contributed by atoms with Crippen molar-refractivity contribution in [2.45, 2.75) is 0 Å². The standard InChI is InChI=1S/C2H9NO6P2.2H3N/c4-10(5,6)1-3-2-11(7,8)9;;/h3H,1-2H2,(H2,4,5,6)(H2,7,8,9);2*1H3. The second kappa shape index (κ2) is 6.61. The zero-order valence-electron chi connectivity index (χ0n) is 6.83. The molecule has 0 aliphatic carbocycles. The lowest BCUT2D eigenvalue weighted by Gasteiger charge is -2.06. The second-order valence-electron chi connectivity index (χ2n) is 1.90. The van der Waals surface area contributed by atoms with Crippen LogP contribution in [0, 0.1) is 0 Å². The fourth-order valence-corrected chi connectivity index (χ4v) is 1.32. The molecule has 0 bridgehead atoms. The highest BCUT2D eigenvalue weighted by Crippen LogP contribution is 2.35. The van der Waals surface area contributed by atoms with Gasteiger partial charge in [0.2, 0.25) is 0 Å². The summed E-state index contributed by atoms with van der Waals surface area (Å²) in [6, 6.07) is 0. The van der Waals surface area contributed by atoms with Crippen molar-refractivity contribution in [2.75, 3.05) is 12.6 Å². The van der Waals surface area contributed by atoms with Crippen LogP contribution in [0.1, 0.15) is 0 Å². The highest BCUT2D eigenvalue weighted by Gasteiger charge is 2.16. The van der Waals surface area contributed by atoms with E-state index in [1.165, 1.54) is 0 Å². The molecule has 0 aromatic rings. The van der Waals surface area contributed by atoms with Gasteiger partial charge in [-0.2, -0.15) is 0 Å². The highest BCUT2D eigenvalue weighted by molar-refractivity contribution is 7.52. The van der Waals surface area contributed by atoms with Gasteiger partial charge in [-0.25, -0.2) is 0 Å². The van der Waals surface area contributed by atoms with Crippen LogP contribution in [-0.2, 0) is 9.13 Å². The van der Waals surface area contributed by atoms with Crippen molar-refractivity contribution in [3.05, 3.63) is 0 Å². The van der Waals surface area contributed by atoms with Crippen LogP contribution in [0.5, 0.6) is 0 Å². The molecule has 0 rings (SSSR count). The Bertz CT molecular complexity index is 186. The number of hydrogen-bond acceptors (Lipinski definition) is 5. The minimum Gasteiger partial charge on any atom is -0.344 e. The minimum atomic E-state index is -4.21. The summed E-state index contributed by atoms with van der Waals surface area (Å²) in [6.45, 7) is 0. The molecule has 0 radical (unpaired) electrons. The first kappa shape index (κ1) is 18.9. The molecule has 0 aromatic heterocycles. The van der Waals surface area contributed by atoms with Gasteiger partial charge in [-0.3, -0.25) is 14.4 Å². The van der Waals surface area contributed by atoms with Crippen LogP contribution in [0.4, 0.5) is 0 Å². The molecule has 0 spiro atoms. The van der Waals surface area contributed by atoms with Crippen LogP contribution in [0.2, 0.25) is 0 Å². The van der Waals surface area contributed by atoms with Gasteiger partial charge in [0.25, 0.3) is 0 Å². The van der Waals surface area contributed by atoms with E-state index in [9.17, 15) is 9.13 Å². The average molecular weight is 239 g/mol. The van der Waals surface area contributed by atoms with Crippen molar-refractivity contribution >= 4 is 15.2 Å². The summed E-state index contributed by atoms with van der Waals surface area (Å²) < 4.78 is 20.2. The van der Waals surface area contributed by atoms with E-state index in [2.05, 4.69) is 0 Å². The Morgan fingerprint density at radius 3 is 1.23 bits per heavy atom. The molecule has 0 atom stereocenters. The molecule has 0 aromatic carbocycles. The summed E-state index contributed by atoms with van der Waals surface area (Å²) in [5.41, 5.74) is 0. The van der Waals surface area contributed by atoms with Crippen molar-refractivity contribution < 1.29 is 28.7 Å². The summed E-state index contributed by atoms with van der Waals surface area (Å²) >= 11 is 0. The van der Waals surface area contributed by atoms with Crippen molar-refractivity contribution in [3.8, 4) is 0 Å². The largest absolute Gasteiger partial charge is 0.344 e. The normalized spacial score (nSPS) is 11.4. The Labute approximate surface area is 75.0 Å². The zero-order chi connectivity index (χ0) is 9.12. The van der Waals surface area contributed by atoms with Gasteiger partial charge < -0.3 is 31.9 Å². The van der Waals surface area contributed by atoms with E-state index < -0.39 is 27.8 Å². The molecule has 0 amide bonds. The van der Waals surface area contributed by atoms with Crippen LogP contribution in [-0.4, -0.2) is 32.1 Å². The van der Waals surface area contributed by atoms with Gasteiger partial charge in [-0.1, -0.05) is 0 Å². The first-order valence-corrected chi connectivity index (χ1v) is 6.10. The summed E-state index contributed by atoms with van der Waals surface area (Å²) in [7, 11) is -8.41. The predicted octanol–water partition coefficient (Wildman–Crippen LogP) is -0.830. The van der Waals surface area contributed by atoms with Gasteiger partial charge in [0.1, 0.15) is 0 Å². The molecular weight excluding hydrogens is 224 g/mol. The SMILES string of the molecule is N.N.O=P(O)(O)CNCP(=O)(O)O. The molecular formula is C2H15N3O6P2. The molecule has 84 valence electrons. The van der Waals surface area contributed by atoms with Crippen molar-refractivity contribution in [1.82, 2.24) is 17.6 Å². The van der Waals surface area contributed by atoms with E-state index in [4.69, 9.17) is 19.6 Å². The molecule has 0 aliphatic heterocycles. The zero-order valence-corrected chi connectivity index (χ0v) is 8.62. The maximum Gasteiger partial charge on any atom is 0.339 e. The molecule has 9 nitrogen and oxygen atoms in total. The van der Waals surface area contributed by atoms with E-state index in [-0.39, 0.29) is 12.3 Å². The lowest BCUT2D eigenvalue weighted by Crippen LogP contribution is -2.16. The Kier molecular flexibility index (Phi) is 9.59. The maximum atomic E-state index is 10.1. The first-order chi connectivity index (χ1) is 4.71. The summed E-state index contributed by atoms with van der Waals surface area (Å²) in [5.74, 6) is 0. The smallest absolute Gasteiger partial charge is 0.339 e. The topological polar surface area (TPSA) is 197 Å². The van der Waals surface area contributed by atoms with Gasteiger partial charge in [0, 0.05) is 0 Å². The average Bonchev–Trinajstić information content (AvgIpc) is 1.55. The third kappa shape index (κ3) is 18.9. The maximum absolute atomic E-state index is 10.1. The van der Waals surface area contributed by atoms with E-state index in [1.54, 1.807) is 0 Å². The fourth-order valence-electron chi connectivity index (χ4n) is 0.341. The molecule has 0 unspecified atom stereocenters. The van der Waals surface area contributed by atoms with Gasteiger partial charge in [0.05, 0.1) is 12.6 Å². The molecule has 0 aliphatic rings. The minimum absolute atomic E-state index is 0. The highest BCUT2D eigenvalue weighted by atomic mass is 31.2. The summed E-state index contributed by atoms with van der Waals surface area (Å²) in [5, 5.41) is 1.94. The Hall–Kier alpha value is 0.180. The van der Waals surface area contributed by atoms with Crippen LogP contribution < -0.4 is 17.6 Å². The molecule has 0 saturated carbocycles. The molecule has 0 fully saturated rings. The Morgan fingerprint density at radius 1 is 0.846 bits per heavy atom. The van der Waals surface area contributed by atoms with Crippen LogP contribution in [0.15, 0.2) is 0 Å². The monoisotopic (exact) mass is 239 g/mol. The van der Waals surface area contributed by atoms with Gasteiger partial charge in [0.15, 0.2) is 0 Å². The van der Waals surface area contributed by atoms with Crippen molar-refractivity contribution in [3.63, 3.8) is 0 Å². The van der Waals surface area contributed by atoms with Crippen molar-refractivity contribution in [2.24, 2.45) is 0 Å². The van der Waals surface area contributed by atoms with Crippen LogP contribution >= 0.6 is 15.2 Å². The summed E-state index contributed by atoms with van der Waals surface area (Å²) in [4.78, 5) is 32.8. The number of rotatable bonds is 4. The molecule has 11 heteroatoms. The number of hydrogen-bond donors (Lipinski definition) is 7. The third-order valence-corrected chi connectivity index (χ3v) is 1.91. The third-order valence-electron chi connectivity index (χ3n) is 0.636. The quantitative estimate of drug-likeness (QED) is 0.306. The predicted molar refractivity (Wildman–Crippen MR) is 47.0 cm³/mol. The Morgan fingerprint density at radius 2 is 1.08 bits per heavy atom.